The average molecular weight is 304 g/mol. The lowest BCUT2D eigenvalue weighted by Crippen LogP contribution is -2.31. The first-order valence-electron chi connectivity index (χ1n) is 6.91. The van der Waals surface area contributed by atoms with Crippen LogP contribution in [-0.4, -0.2) is 48.0 Å². The number of rotatable bonds is 7. The van der Waals surface area contributed by atoms with E-state index in [-0.39, 0.29) is 5.91 Å². The van der Waals surface area contributed by atoms with Crippen LogP contribution in [0.3, 0.4) is 0 Å². The van der Waals surface area contributed by atoms with Gasteiger partial charge in [0.05, 0.1) is 10.7 Å². The maximum atomic E-state index is 11.7. The first kappa shape index (κ1) is 15.6. The topological polar surface area (TPSA) is 58.1 Å². The van der Waals surface area contributed by atoms with Gasteiger partial charge in [-0.1, -0.05) is 0 Å². The number of pyridine rings is 1. The summed E-state index contributed by atoms with van der Waals surface area (Å²) in [5.41, 5.74) is 2.01. The molecule has 2 heterocycles. The highest BCUT2D eigenvalue weighted by molar-refractivity contribution is 7.09. The first-order chi connectivity index (χ1) is 10.1. The van der Waals surface area contributed by atoms with Crippen LogP contribution in [0.2, 0.25) is 0 Å². The fraction of sp³-hybridized carbons (Fsp3) is 0.400. The van der Waals surface area contributed by atoms with Gasteiger partial charge in [-0.25, -0.2) is 4.98 Å². The molecule has 0 aliphatic rings. The summed E-state index contributed by atoms with van der Waals surface area (Å²) < 4.78 is 0. The second-order valence-electron chi connectivity index (χ2n) is 5.02. The molecule has 21 heavy (non-hydrogen) atoms. The molecule has 2 aromatic heterocycles. The van der Waals surface area contributed by atoms with Crippen molar-refractivity contribution in [3.05, 3.63) is 34.9 Å². The summed E-state index contributed by atoms with van der Waals surface area (Å²) in [7, 11) is 3.98. The summed E-state index contributed by atoms with van der Waals surface area (Å²) in [6, 6.07) is 3.87. The van der Waals surface area contributed by atoms with Gasteiger partial charge < -0.3 is 10.2 Å². The molecule has 2 rings (SSSR count). The van der Waals surface area contributed by atoms with E-state index in [0.29, 0.717) is 19.4 Å². The molecule has 0 aliphatic carbocycles. The fourth-order valence-electron chi connectivity index (χ4n) is 1.81. The Labute approximate surface area is 129 Å². The Morgan fingerprint density at radius 2 is 2.10 bits per heavy atom. The summed E-state index contributed by atoms with van der Waals surface area (Å²) in [5.74, 6) is 0.0810. The molecule has 0 atom stereocenters. The van der Waals surface area contributed by atoms with Crippen LogP contribution in [0.5, 0.6) is 0 Å². The van der Waals surface area contributed by atoms with E-state index in [4.69, 9.17) is 0 Å². The number of amides is 1. The fourth-order valence-corrected chi connectivity index (χ4v) is 2.62. The van der Waals surface area contributed by atoms with Gasteiger partial charge in [0.1, 0.15) is 0 Å². The van der Waals surface area contributed by atoms with Gasteiger partial charge in [-0.2, -0.15) is 0 Å². The molecule has 0 fully saturated rings. The van der Waals surface area contributed by atoms with Gasteiger partial charge in [0.15, 0.2) is 0 Å². The van der Waals surface area contributed by atoms with Crippen LogP contribution < -0.4 is 5.32 Å². The molecule has 0 saturated heterocycles. The quantitative estimate of drug-likeness (QED) is 0.847. The second kappa shape index (κ2) is 7.85. The van der Waals surface area contributed by atoms with E-state index in [1.165, 1.54) is 0 Å². The van der Waals surface area contributed by atoms with E-state index < -0.39 is 0 Å². The Balaban J connectivity index is 1.79. The number of hydrogen-bond donors (Lipinski definition) is 1. The van der Waals surface area contributed by atoms with Crippen molar-refractivity contribution < 1.29 is 4.79 Å². The van der Waals surface area contributed by atoms with Crippen molar-refractivity contribution in [2.45, 2.75) is 12.8 Å². The van der Waals surface area contributed by atoms with E-state index in [1.807, 2.05) is 36.5 Å². The molecule has 0 bridgehead atoms. The number of likely N-dealkylation sites (N-methyl/N-ethyl adjacent to an activating group) is 1. The number of thiazole rings is 1. The molecule has 0 radical (unpaired) electrons. The van der Waals surface area contributed by atoms with Crippen LogP contribution in [0, 0.1) is 0 Å². The van der Waals surface area contributed by atoms with E-state index >= 15 is 0 Å². The van der Waals surface area contributed by atoms with Crippen molar-refractivity contribution >= 4 is 17.2 Å². The molecule has 0 saturated carbocycles. The summed E-state index contributed by atoms with van der Waals surface area (Å²) in [6.07, 6.45) is 4.68. The Hall–Kier alpha value is -1.79. The van der Waals surface area contributed by atoms with Crippen LogP contribution in [0.4, 0.5) is 0 Å². The van der Waals surface area contributed by atoms with E-state index in [2.05, 4.69) is 15.3 Å². The third-order valence-corrected chi connectivity index (χ3v) is 3.88. The monoisotopic (exact) mass is 304 g/mol. The van der Waals surface area contributed by atoms with Gasteiger partial charge in [0.25, 0.3) is 0 Å². The summed E-state index contributed by atoms with van der Waals surface area (Å²) in [6.45, 7) is 1.54. The summed E-state index contributed by atoms with van der Waals surface area (Å²) in [5, 5.41) is 5.92. The Morgan fingerprint density at radius 3 is 2.81 bits per heavy atom. The molecule has 0 spiro atoms. The highest BCUT2D eigenvalue weighted by Crippen LogP contribution is 2.21. The zero-order chi connectivity index (χ0) is 15.1. The van der Waals surface area contributed by atoms with Crippen LogP contribution >= 0.6 is 11.3 Å². The third kappa shape index (κ3) is 5.24. The maximum absolute atomic E-state index is 11.7. The molecule has 0 aliphatic heterocycles. The van der Waals surface area contributed by atoms with E-state index in [9.17, 15) is 4.79 Å². The van der Waals surface area contributed by atoms with E-state index in [1.54, 1.807) is 23.7 Å². The number of nitrogens with zero attached hydrogens (tertiary/aromatic N) is 3. The number of aryl methyl sites for hydroxylation is 1. The highest BCUT2D eigenvalue weighted by atomic mass is 32.1. The Morgan fingerprint density at radius 1 is 1.33 bits per heavy atom. The third-order valence-electron chi connectivity index (χ3n) is 2.97. The number of hydrogen-bond acceptors (Lipinski definition) is 5. The summed E-state index contributed by atoms with van der Waals surface area (Å²) >= 11 is 1.60. The normalized spacial score (nSPS) is 10.8. The SMILES string of the molecule is CN(C)CCNC(=O)CCc1nc(-c2ccncc2)cs1. The molecule has 0 aromatic carbocycles. The minimum absolute atomic E-state index is 0.0810. The van der Waals surface area contributed by atoms with Gasteiger partial charge in [-0.3, -0.25) is 9.78 Å². The van der Waals surface area contributed by atoms with Crippen LogP contribution in [0.1, 0.15) is 11.4 Å². The van der Waals surface area contributed by atoms with Crippen molar-refractivity contribution in [1.29, 1.82) is 0 Å². The van der Waals surface area contributed by atoms with Crippen molar-refractivity contribution in [3.63, 3.8) is 0 Å². The predicted molar refractivity (Wildman–Crippen MR) is 85.2 cm³/mol. The number of nitrogens with one attached hydrogen (secondary N) is 1. The second-order valence-corrected chi connectivity index (χ2v) is 5.96. The van der Waals surface area contributed by atoms with Crippen LogP contribution in [-0.2, 0) is 11.2 Å². The van der Waals surface area contributed by atoms with Gasteiger partial charge in [-0.15, -0.1) is 11.3 Å². The lowest BCUT2D eigenvalue weighted by Gasteiger charge is -2.09. The minimum atomic E-state index is 0.0810. The zero-order valence-electron chi connectivity index (χ0n) is 12.4. The molecule has 1 N–H and O–H groups in total. The Kier molecular flexibility index (Phi) is 5.83. The number of aromatic nitrogens is 2. The van der Waals surface area contributed by atoms with Crippen molar-refractivity contribution in [2.24, 2.45) is 0 Å². The largest absolute Gasteiger partial charge is 0.355 e. The minimum Gasteiger partial charge on any atom is -0.355 e. The lowest BCUT2D eigenvalue weighted by atomic mass is 10.2. The molecule has 0 unspecified atom stereocenters. The molecule has 1 amide bonds. The lowest BCUT2D eigenvalue weighted by molar-refractivity contribution is -0.121. The van der Waals surface area contributed by atoms with Gasteiger partial charge in [0.2, 0.25) is 5.91 Å². The number of carbonyl (C=O) groups excluding carboxylic acids is 1. The standard InChI is InChI=1S/C15H20N4OS/c1-19(2)10-9-17-14(20)3-4-15-18-13(11-21-15)12-5-7-16-8-6-12/h5-8,11H,3-4,9-10H2,1-2H3,(H,17,20). The molecule has 2 aromatic rings. The van der Waals surface area contributed by atoms with Crippen molar-refractivity contribution in [3.8, 4) is 11.3 Å². The van der Waals surface area contributed by atoms with Gasteiger partial charge in [0, 0.05) is 49.3 Å². The molecular weight excluding hydrogens is 284 g/mol. The first-order valence-corrected chi connectivity index (χ1v) is 7.79. The Bertz CT molecular complexity index is 568. The van der Waals surface area contributed by atoms with Gasteiger partial charge in [-0.05, 0) is 26.2 Å². The smallest absolute Gasteiger partial charge is 0.220 e. The zero-order valence-corrected chi connectivity index (χ0v) is 13.2. The molecule has 112 valence electrons. The average Bonchev–Trinajstić information content (AvgIpc) is 2.94. The van der Waals surface area contributed by atoms with Crippen LogP contribution in [0.15, 0.2) is 29.9 Å². The maximum Gasteiger partial charge on any atom is 0.220 e. The predicted octanol–water partition coefficient (Wildman–Crippen LogP) is 1.82. The van der Waals surface area contributed by atoms with Crippen molar-refractivity contribution in [1.82, 2.24) is 20.2 Å². The van der Waals surface area contributed by atoms with E-state index in [0.717, 1.165) is 22.8 Å². The number of carbonyl (C=O) groups is 1. The molecule has 5 nitrogen and oxygen atoms in total. The molecule has 6 heteroatoms. The highest BCUT2D eigenvalue weighted by Gasteiger charge is 2.07. The summed E-state index contributed by atoms with van der Waals surface area (Å²) in [4.78, 5) is 22.3. The van der Waals surface area contributed by atoms with Crippen molar-refractivity contribution in [2.75, 3.05) is 27.2 Å². The van der Waals surface area contributed by atoms with Gasteiger partial charge >= 0.3 is 0 Å². The molecular formula is C15H20N4OS. The van der Waals surface area contributed by atoms with Crippen LogP contribution in [0.25, 0.3) is 11.3 Å².